The molecule has 1 unspecified atom stereocenters. The van der Waals surface area contributed by atoms with Crippen molar-refractivity contribution in [3.8, 4) is 0 Å². The van der Waals surface area contributed by atoms with E-state index in [1.165, 1.54) is 18.2 Å². The van der Waals surface area contributed by atoms with Crippen LogP contribution in [0.25, 0.3) is 0 Å². The molecular formula is C21H22F6N2. The van der Waals surface area contributed by atoms with Gasteiger partial charge in [-0.15, -0.1) is 0 Å². The number of hydrogen-bond acceptors (Lipinski definition) is 2. The Morgan fingerprint density at radius 2 is 1.34 bits per heavy atom. The summed E-state index contributed by atoms with van der Waals surface area (Å²) in [6.45, 7) is 4.36. The van der Waals surface area contributed by atoms with Gasteiger partial charge < -0.3 is 4.90 Å². The largest absolute Gasteiger partial charge is 0.416 e. The molecule has 1 heterocycles. The molecule has 0 aliphatic carbocycles. The summed E-state index contributed by atoms with van der Waals surface area (Å²) in [6.07, 6.45) is -8.26. The van der Waals surface area contributed by atoms with Gasteiger partial charge in [-0.1, -0.05) is 24.3 Å². The van der Waals surface area contributed by atoms with Crippen molar-refractivity contribution >= 4 is 5.69 Å². The fraction of sp³-hybridized carbons (Fsp3) is 0.429. The number of benzene rings is 2. The summed E-state index contributed by atoms with van der Waals surface area (Å²) in [6, 6.07) is 10.6. The van der Waals surface area contributed by atoms with Crippen molar-refractivity contribution in [3.05, 3.63) is 65.2 Å². The number of alkyl halides is 6. The van der Waals surface area contributed by atoms with Crippen LogP contribution in [-0.2, 0) is 18.8 Å². The second-order valence-corrected chi connectivity index (χ2v) is 7.32. The van der Waals surface area contributed by atoms with E-state index in [1.54, 1.807) is 12.1 Å². The highest BCUT2D eigenvalue weighted by Crippen LogP contribution is 2.32. The van der Waals surface area contributed by atoms with Crippen LogP contribution in [0.5, 0.6) is 0 Å². The number of hydrogen-bond donors (Lipinski definition) is 0. The maximum Gasteiger partial charge on any atom is 0.416 e. The van der Waals surface area contributed by atoms with Gasteiger partial charge in [-0.2, -0.15) is 26.3 Å². The normalized spacial score (nSPS) is 17.4. The standard InChI is InChI=1S/C21H22F6N2/c1-15(12-16-4-2-5-17(13-16)20(22,23)24)28-8-10-29(11-9-28)19-7-3-6-18(14-19)21(25,26)27/h2-7,13-15H,8-12H2,1H3. The summed E-state index contributed by atoms with van der Waals surface area (Å²) in [5.41, 5.74) is -0.176. The van der Waals surface area contributed by atoms with Crippen molar-refractivity contribution in [2.24, 2.45) is 0 Å². The Labute approximate surface area is 165 Å². The molecule has 158 valence electrons. The minimum Gasteiger partial charge on any atom is -0.369 e. The summed E-state index contributed by atoms with van der Waals surface area (Å²) in [5, 5.41) is 0. The van der Waals surface area contributed by atoms with E-state index in [0.717, 1.165) is 18.2 Å². The Morgan fingerprint density at radius 3 is 1.93 bits per heavy atom. The van der Waals surface area contributed by atoms with Gasteiger partial charge in [0.25, 0.3) is 0 Å². The van der Waals surface area contributed by atoms with Gasteiger partial charge in [0.2, 0.25) is 0 Å². The molecule has 0 bridgehead atoms. The SMILES string of the molecule is CC(Cc1cccc(C(F)(F)F)c1)N1CCN(c2cccc(C(F)(F)F)c2)CC1. The van der Waals surface area contributed by atoms with E-state index in [0.29, 0.717) is 43.9 Å². The lowest BCUT2D eigenvalue weighted by molar-refractivity contribution is -0.138. The van der Waals surface area contributed by atoms with Crippen molar-refractivity contribution in [2.75, 3.05) is 31.1 Å². The van der Waals surface area contributed by atoms with Crippen LogP contribution in [0.15, 0.2) is 48.5 Å². The van der Waals surface area contributed by atoms with E-state index in [9.17, 15) is 26.3 Å². The highest BCUT2D eigenvalue weighted by atomic mass is 19.4. The lowest BCUT2D eigenvalue weighted by Crippen LogP contribution is -2.50. The highest BCUT2D eigenvalue weighted by Gasteiger charge is 2.32. The second kappa shape index (κ2) is 8.26. The summed E-state index contributed by atoms with van der Waals surface area (Å²) >= 11 is 0. The Bertz CT molecular complexity index is 822. The molecule has 8 heteroatoms. The third kappa shape index (κ3) is 5.44. The molecule has 0 radical (unpaired) electrons. The molecule has 0 N–H and O–H groups in total. The molecule has 0 aromatic heterocycles. The van der Waals surface area contributed by atoms with Crippen LogP contribution in [0.4, 0.5) is 32.0 Å². The van der Waals surface area contributed by atoms with Crippen LogP contribution in [0.2, 0.25) is 0 Å². The number of halogens is 6. The average Bonchev–Trinajstić information content (AvgIpc) is 2.67. The van der Waals surface area contributed by atoms with Gasteiger partial charge in [-0.25, -0.2) is 0 Å². The van der Waals surface area contributed by atoms with Gasteiger partial charge in [0, 0.05) is 37.9 Å². The number of anilines is 1. The minimum atomic E-state index is -4.38. The third-order valence-electron chi connectivity index (χ3n) is 5.26. The monoisotopic (exact) mass is 416 g/mol. The van der Waals surface area contributed by atoms with E-state index < -0.39 is 23.5 Å². The van der Waals surface area contributed by atoms with E-state index in [4.69, 9.17) is 0 Å². The second-order valence-electron chi connectivity index (χ2n) is 7.32. The molecule has 1 atom stereocenters. The average molecular weight is 416 g/mol. The van der Waals surface area contributed by atoms with E-state index in [-0.39, 0.29) is 6.04 Å². The van der Waals surface area contributed by atoms with Crippen LogP contribution in [0.3, 0.4) is 0 Å². The smallest absolute Gasteiger partial charge is 0.369 e. The minimum absolute atomic E-state index is 0.0298. The van der Waals surface area contributed by atoms with Crippen molar-refractivity contribution in [2.45, 2.75) is 31.7 Å². The van der Waals surface area contributed by atoms with Gasteiger partial charge in [0.1, 0.15) is 0 Å². The van der Waals surface area contributed by atoms with Gasteiger partial charge in [0.15, 0.2) is 0 Å². The van der Waals surface area contributed by atoms with Gasteiger partial charge in [0.05, 0.1) is 11.1 Å². The number of rotatable bonds is 4. The van der Waals surface area contributed by atoms with Crippen LogP contribution < -0.4 is 4.90 Å². The first-order valence-electron chi connectivity index (χ1n) is 9.36. The summed E-state index contributed by atoms with van der Waals surface area (Å²) in [7, 11) is 0. The molecule has 2 nitrogen and oxygen atoms in total. The molecule has 1 aliphatic rings. The number of piperazine rings is 1. The Balaban J connectivity index is 1.60. The molecule has 2 aromatic carbocycles. The molecule has 0 spiro atoms. The third-order valence-corrected chi connectivity index (χ3v) is 5.26. The molecule has 1 saturated heterocycles. The maximum atomic E-state index is 12.9. The van der Waals surface area contributed by atoms with Gasteiger partial charge in [-0.05, 0) is 43.2 Å². The van der Waals surface area contributed by atoms with Crippen LogP contribution in [0, 0.1) is 0 Å². The van der Waals surface area contributed by atoms with Crippen molar-refractivity contribution in [3.63, 3.8) is 0 Å². The molecule has 0 saturated carbocycles. The molecule has 3 rings (SSSR count). The van der Waals surface area contributed by atoms with Crippen LogP contribution in [-0.4, -0.2) is 37.1 Å². The van der Waals surface area contributed by atoms with E-state index in [1.807, 2.05) is 11.8 Å². The van der Waals surface area contributed by atoms with Crippen LogP contribution in [0.1, 0.15) is 23.6 Å². The Kier molecular flexibility index (Phi) is 6.12. The number of nitrogens with zero attached hydrogens (tertiary/aromatic N) is 2. The zero-order valence-electron chi connectivity index (χ0n) is 15.9. The maximum absolute atomic E-state index is 12.9. The fourth-order valence-electron chi connectivity index (χ4n) is 3.64. The van der Waals surface area contributed by atoms with Gasteiger partial charge in [-0.3, -0.25) is 4.90 Å². The van der Waals surface area contributed by atoms with Crippen molar-refractivity contribution in [1.82, 2.24) is 4.90 Å². The quantitative estimate of drug-likeness (QED) is 0.610. The first kappa shape index (κ1) is 21.5. The van der Waals surface area contributed by atoms with Gasteiger partial charge >= 0.3 is 12.4 Å². The van der Waals surface area contributed by atoms with E-state index >= 15 is 0 Å². The highest BCUT2D eigenvalue weighted by molar-refractivity contribution is 5.49. The Morgan fingerprint density at radius 1 is 0.793 bits per heavy atom. The first-order chi connectivity index (χ1) is 13.5. The summed E-state index contributed by atoms with van der Waals surface area (Å²) < 4.78 is 77.4. The lowest BCUT2D eigenvalue weighted by Gasteiger charge is -2.39. The summed E-state index contributed by atoms with van der Waals surface area (Å²) in [4.78, 5) is 4.06. The molecular weight excluding hydrogens is 394 g/mol. The van der Waals surface area contributed by atoms with E-state index in [2.05, 4.69) is 4.90 Å². The van der Waals surface area contributed by atoms with Crippen molar-refractivity contribution in [1.29, 1.82) is 0 Å². The predicted octanol–water partition coefficient (Wildman–Crippen LogP) is 5.48. The summed E-state index contributed by atoms with van der Waals surface area (Å²) in [5.74, 6) is 0. The van der Waals surface area contributed by atoms with Crippen molar-refractivity contribution < 1.29 is 26.3 Å². The first-order valence-corrected chi connectivity index (χ1v) is 9.36. The zero-order chi connectivity index (χ0) is 21.2. The van der Waals surface area contributed by atoms with Crippen LogP contribution >= 0.6 is 0 Å². The molecule has 29 heavy (non-hydrogen) atoms. The lowest BCUT2D eigenvalue weighted by atomic mass is 10.0. The Hall–Kier alpha value is -2.22. The zero-order valence-corrected chi connectivity index (χ0v) is 15.9. The molecule has 0 amide bonds. The molecule has 1 aliphatic heterocycles. The topological polar surface area (TPSA) is 6.48 Å². The predicted molar refractivity (Wildman–Crippen MR) is 99.8 cm³/mol. The molecule has 2 aromatic rings. The molecule has 1 fully saturated rings. The fourth-order valence-corrected chi connectivity index (χ4v) is 3.64.